The molecule has 0 amide bonds. The Morgan fingerprint density at radius 1 is 1.21 bits per heavy atom. The minimum Gasteiger partial charge on any atom is -0.357 e. The van der Waals surface area contributed by atoms with Gasteiger partial charge in [-0.25, -0.2) is 9.38 Å². The lowest BCUT2D eigenvalue weighted by atomic mass is 10.1. The van der Waals surface area contributed by atoms with Crippen LogP contribution in [0, 0.1) is 12.7 Å². The normalized spacial score (nSPS) is 11.1. The van der Waals surface area contributed by atoms with E-state index in [1.807, 2.05) is 25.1 Å². The number of guanidine groups is 1. The Kier molecular flexibility index (Phi) is 8.97. The first kappa shape index (κ1) is 22.7. The Morgan fingerprint density at radius 3 is 2.79 bits per heavy atom. The Labute approximate surface area is 186 Å². The van der Waals surface area contributed by atoms with Gasteiger partial charge in [0, 0.05) is 25.7 Å². The molecule has 154 valence electrons. The fourth-order valence-corrected chi connectivity index (χ4v) is 2.56. The Morgan fingerprint density at radius 2 is 2.07 bits per heavy atom. The standard InChI is InChI=1S/C20H23FN6O.HI/c1-3-22-20(25-13-15-7-8-16(21)14(2)12-15)24-11-9-18-26-19(28-27-18)17-6-4-5-10-23-17;/h4-8,10,12H,3,9,11,13H2,1-2H3,(H2,22,24,25);1H. The highest BCUT2D eigenvalue weighted by molar-refractivity contribution is 14.0. The van der Waals surface area contributed by atoms with Crippen LogP contribution in [0.4, 0.5) is 4.39 Å². The topological polar surface area (TPSA) is 88.2 Å². The van der Waals surface area contributed by atoms with Crippen molar-refractivity contribution in [1.29, 1.82) is 0 Å². The van der Waals surface area contributed by atoms with Crippen LogP contribution in [0.25, 0.3) is 11.6 Å². The molecule has 2 heterocycles. The van der Waals surface area contributed by atoms with Gasteiger partial charge in [0.2, 0.25) is 0 Å². The highest BCUT2D eigenvalue weighted by Crippen LogP contribution is 2.13. The molecule has 0 aliphatic carbocycles. The van der Waals surface area contributed by atoms with Crippen LogP contribution in [-0.4, -0.2) is 34.2 Å². The van der Waals surface area contributed by atoms with Crippen LogP contribution in [0.15, 0.2) is 52.1 Å². The molecule has 0 aliphatic rings. The first-order chi connectivity index (χ1) is 13.7. The summed E-state index contributed by atoms with van der Waals surface area (Å²) in [6, 6.07) is 10.5. The third-order valence-electron chi connectivity index (χ3n) is 3.98. The van der Waals surface area contributed by atoms with E-state index >= 15 is 0 Å². The largest absolute Gasteiger partial charge is 0.357 e. The van der Waals surface area contributed by atoms with Gasteiger partial charge in [0.1, 0.15) is 11.5 Å². The number of nitrogens with one attached hydrogen (secondary N) is 2. The van der Waals surface area contributed by atoms with Gasteiger partial charge in [-0.3, -0.25) is 4.98 Å². The van der Waals surface area contributed by atoms with Crippen molar-refractivity contribution in [3.8, 4) is 11.6 Å². The molecule has 3 rings (SSSR count). The van der Waals surface area contributed by atoms with E-state index in [2.05, 4.69) is 30.8 Å². The van der Waals surface area contributed by atoms with Gasteiger partial charge >= 0.3 is 0 Å². The van der Waals surface area contributed by atoms with Crippen LogP contribution >= 0.6 is 24.0 Å². The van der Waals surface area contributed by atoms with Crippen molar-refractivity contribution in [3.63, 3.8) is 0 Å². The molecule has 0 radical (unpaired) electrons. The summed E-state index contributed by atoms with van der Waals surface area (Å²) in [5, 5.41) is 10.4. The number of hydrogen-bond acceptors (Lipinski definition) is 5. The minimum absolute atomic E-state index is 0. The molecule has 3 aromatic rings. The molecule has 0 fully saturated rings. The maximum atomic E-state index is 13.4. The smallest absolute Gasteiger partial charge is 0.276 e. The van der Waals surface area contributed by atoms with Gasteiger partial charge in [-0.2, -0.15) is 4.98 Å². The number of benzene rings is 1. The number of nitrogens with zero attached hydrogens (tertiary/aromatic N) is 4. The van der Waals surface area contributed by atoms with Crippen LogP contribution in [0.3, 0.4) is 0 Å². The van der Waals surface area contributed by atoms with E-state index in [1.165, 1.54) is 6.07 Å². The Hall–Kier alpha value is -2.56. The maximum absolute atomic E-state index is 13.4. The number of aliphatic imine (C=N–C) groups is 1. The van der Waals surface area contributed by atoms with Gasteiger partial charge in [0.15, 0.2) is 11.8 Å². The van der Waals surface area contributed by atoms with Gasteiger partial charge in [-0.15, -0.1) is 24.0 Å². The van der Waals surface area contributed by atoms with E-state index in [4.69, 9.17) is 4.52 Å². The molecule has 0 aliphatic heterocycles. The summed E-state index contributed by atoms with van der Waals surface area (Å²) in [5.74, 6) is 1.47. The van der Waals surface area contributed by atoms with Gasteiger partial charge < -0.3 is 15.2 Å². The third kappa shape index (κ3) is 6.77. The van der Waals surface area contributed by atoms with Gasteiger partial charge in [-0.1, -0.05) is 23.4 Å². The SMILES string of the molecule is CCNC(=NCc1ccc(F)c(C)c1)NCCc1noc(-c2ccccn2)n1.I. The van der Waals surface area contributed by atoms with E-state index in [0.717, 1.165) is 12.1 Å². The fraction of sp³-hybridized carbons (Fsp3) is 0.300. The fourth-order valence-electron chi connectivity index (χ4n) is 2.56. The molecule has 0 unspecified atom stereocenters. The second-order valence-corrected chi connectivity index (χ2v) is 6.19. The van der Waals surface area contributed by atoms with Gasteiger partial charge in [0.05, 0.1) is 6.54 Å². The first-order valence-corrected chi connectivity index (χ1v) is 9.17. The quantitative estimate of drug-likeness (QED) is 0.288. The summed E-state index contributed by atoms with van der Waals surface area (Å²) in [7, 11) is 0. The third-order valence-corrected chi connectivity index (χ3v) is 3.98. The molecular weight excluding hydrogens is 486 g/mol. The lowest BCUT2D eigenvalue weighted by molar-refractivity contribution is 0.421. The summed E-state index contributed by atoms with van der Waals surface area (Å²) in [6.07, 6.45) is 2.26. The first-order valence-electron chi connectivity index (χ1n) is 9.17. The summed E-state index contributed by atoms with van der Waals surface area (Å²) >= 11 is 0. The highest BCUT2D eigenvalue weighted by atomic mass is 127. The lowest BCUT2D eigenvalue weighted by Crippen LogP contribution is -2.38. The van der Waals surface area contributed by atoms with Crippen molar-refractivity contribution >= 4 is 29.9 Å². The molecule has 29 heavy (non-hydrogen) atoms. The Bertz CT molecular complexity index is 932. The second kappa shape index (κ2) is 11.4. The van der Waals surface area contributed by atoms with Crippen LogP contribution in [0.1, 0.15) is 23.9 Å². The summed E-state index contributed by atoms with van der Waals surface area (Å²) in [6.45, 7) is 5.53. The van der Waals surface area contributed by atoms with Crippen LogP contribution in [0.2, 0.25) is 0 Å². The van der Waals surface area contributed by atoms with Crippen LogP contribution in [-0.2, 0) is 13.0 Å². The molecular formula is C20H24FIN6O. The molecule has 7 nitrogen and oxygen atoms in total. The highest BCUT2D eigenvalue weighted by Gasteiger charge is 2.09. The molecule has 0 bridgehead atoms. The maximum Gasteiger partial charge on any atom is 0.276 e. The number of aromatic nitrogens is 3. The van der Waals surface area contributed by atoms with Crippen molar-refractivity contribution in [2.24, 2.45) is 4.99 Å². The van der Waals surface area contributed by atoms with Crippen molar-refractivity contribution in [1.82, 2.24) is 25.8 Å². The number of rotatable bonds is 7. The van der Waals surface area contributed by atoms with E-state index in [9.17, 15) is 4.39 Å². The zero-order chi connectivity index (χ0) is 19.8. The molecule has 0 spiro atoms. The zero-order valence-electron chi connectivity index (χ0n) is 16.4. The minimum atomic E-state index is -0.206. The van der Waals surface area contributed by atoms with E-state index in [1.54, 1.807) is 25.3 Å². The van der Waals surface area contributed by atoms with E-state index < -0.39 is 0 Å². The molecule has 2 aromatic heterocycles. The zero-order valence-corrected chi connectivity index (χ0v) is 18.7. The summed E-state index contributed by atoms with van der Waals surface area (Å²) in [4.78, 5) is 13.1. The lowest BCUT2D eigenvalue weighted by Gasteiger charge is -2.10. The van der Waals surface area contributed by atoms with E-state index in [0.29, 0.717) is 48.4 Å². The molecule has 1 aromatic carbocycles. The summed E-state index contributed by atoms with van der Waals surface area (Å²) in [5.41, 5.74) is 2.22. The van der Waals surface area contributed by atoms with Crippen LogP contribution in [0.5, 0.6) is 0 Å². The molecule has 2 N–H and O–H groups in total. The molecule has 9 heteroatoms. The van der Waals surface area contributed by atoms with Crippen molar-refractivity contribution < 1.29 is 8.91 Å². The van der Waals surface area contributed by atoms with Crippen molar-refractivity contribution in [3.05, 3.63) is 65.4 Å². The average molecular weight is 510 g/mol. The molecule has 0 atom stereocenters. The summed E-state index contributed by atoms with van der Waals surface area (Å²) < 4.78 is 18.6. The predicted octanol–water partition coefficient (Wildman–Crippen LogP) is 3.49. The van der Waals surface area contributed by atoms with Crippen molar-refractivity contribution in [2.75, 3.05) is 13.1 Å². The molecule has 0 saturated heterocycles. The van der Waals surface area contributed by atoms with Crippen molar-refractivity contribution in [2.45, 2.75) is 26.8 Å². The van der Waals surface area contributed by atoms with Gasteiger partial charge in [-0.05, 0) is 43.2 Å². The average Bonchev–Trinajstić information content (AvgIpc) is 3.18. The van der Waals surface area contributed by atoms with Crippen LogP contribution < -0.4 is 10.6 Å². The molecule has 0 saturated carbocycles. The number of halogens is 2. The second-order valence-electron chi connectivity index (χ2n) is 6.19. The number of pyridine rings is 1. The number of hydrogen-bond donors (Lipinski definition) is 2. The van der Waals surface area contributed by atoms with Gasteiger partial charge in [0.25, 0.3) is 5.89 Å². The predicted molar refractivity (Wildman–Crippen MR) is 121 cm³/mol. The Balaban J connectivity index is 0.00000300. The van der Waals surface area contributed by atoms with E-state index in [-0.39, 0.29) is 29.8 Å². The number of aryl methyl sites for hydroxylation is 1. The monoisotopic (exact) mass is 510 g/mol.